The number of hydrogen-bond donors (Lipinski definition) is 1. The number of hydrogen-bond acceptors (Lipinski definition) is 3. The summed E-state index contributed by atoms with van der Waals surface area (Å²) in [6.07, 6.45) is 2.93. The molecule has 4 rings (SSSR count). The van der Waals surface area contributed by atoms with Gasteiger partial charge in [0.25, 0.3) is 0 Å². The number of nitrogens with one attached hydrogen (secondary N) is 1. The third kappa shape index (κ3) is 3.67. The van der Waals surface area contributed by atoms with Crippen molar-refractivity contribution in [1.29, 1.82) is 0 Å². The van der Waals surface area contributed by atoms with Gasteiger partial charge >= 0.3 is 0 Å². The van der Waals surface area contributed by atoms with Crippen LogP contribution in [0.15, 0.2) is 48.5 Å². The summed E-state index contributed by atoms with van der Waals surface area (Å²) in [5, 5.41) is 3.39. The van der Waals surface area contributed by atoms with E-state index in [-0.39, 0.29) is 0 Å². The van der Waals surface area contributed by atoms with Gasteiger partial charge < -0.3 is 14.8 Å². The van der Waals surface area contributed by atoms with Gasteiger partial charge in [0, 0.05) is 12.2 Å². The lowest BCUT2D eigenvalue weighted by Crippen LogP contribution is -2.07. The lowest BCUT2D eigenvalue weighted by atomic mass is 10.0. The highest BCUT2D eigenvalue weighted by atomic mass is 16.6. The van der Waals surface area contributed by atoms with Gasteiger partial charge in [0.15, 0.2) is 0 Å². The van der Waals surface area contributed by atoms with Gasteiger partial charge in [0.05, 0.1) is 19.3 Å². The lowest BCUT2D eigenvalue weighted by molar-refractivity contribution is 0.415. The van der Waals surface area contributed by atoms with Gasteiger partial charge in [-0.15, -0.1) is 0 Å². The molecule has 2 aromatic rings. The molecule has 2 aliphatic heterocycles. The molecule has 2 aliphatic rings. The molecule has 2 fully saturated rings. The second-order valence-corrected chi connectivity index (χ2v) is 6.10. The first-order valence-corrected chi connectivity index (χ1v) is 8.02. The van der Waals surface area contributed by atoms with E-state index in [0.717, 1.165) is 32.6 Å². The van der Waals surface area contributed by atoms with Crippen molar-refractivity contribution in [3.05, 3.63) is 65.2 Å². The van der Waals surface area contributed by atoms with Crippen LogP contribution in [0.5, 0.6) is 0 Å². The van der Waals surface area contributed by atoms with E-state index in [1.54, 1.807) is 0 Å². The molecule has 3 heteroatoms. The van der Waals surface area contributed by atoms with Gasteiger partial charge in [0.1, 0.15) is 6.10 Å². The zero-order chi connectivity index (χ0) is 14.8. The summed E-state index contributed by atoms with van der Waals surface area (Å²) in [6, 6.07) is 17.6. The number of aryl methyl sites for hydroxylation is 2. The van der Waals surface area contributed by atoms with Crippen LogP contribution in [0.3, 0.4) is 0 Å². The minimum absolute atomic E-state index is 0.357. The smallest absolute Gasteiger partial charge is 0.106 e. The maximum Gasteiger partial charge on any atom is 0.106 e. The van der Waals surface area contributed by atoms with E-state index < -0.39 is 0 Å². The molecule has 2 atom stereocenters. The lowest BCUT2D eigenvalue weighted by Gasteiger charge is -2.07. The van der Waals surface area contributed by atoms with Gasteiger partial charge in [-0.2, -0.15) is 0 Å². The molecule has 2 saturated heterocycles. The molecule has 2 aromatic carbocycles. The van der Waals surface area contributed by atoms with Crippen molar-refractivity contribution in [2.45, 2.75) is 25.0 Å². The Bertz CT molecular complexity index is 613. The predicted molar refractivity (Wildman–Crippen MR) is 87.2 cm³/mol. The summed E-state index contributed by atoms with van der Waals surface area (Å²) in [5.74, 6) is 0. The van der Waals surface area contributed by atoms with Crippen LogP contribution in [0.2, 0.25) is 0 Å². The van der Waals surface area contributed by atoms with Crippen LogP contribution in [-0.4, -0.2) is 25.9 Å². The molecule has 0 amide bonds. The molecule has 0 aromatic heterocycles. The number of anilines is 1. The fourth-order valence-electron chi connectivity index (χ4n) is 2.64. The molecule has 0 radical (unpaired) electrons. The maximum atomic E-state index is 5.30. The molecule has 2 heterocycles. The van der Waals surface area contributed by atoms with E-state index in [1.807, 2.05) is 0 Å². The maximum absolute atomic E-state index is 5.30. The molecule has 0 bridgehead atoms. The summed E-state index contributed by atoms with van der Waals surface area (Å²) < 4.78 is 10.5. The molecule has 114 valence electrons. The molecular formula is C19H21NO2. The SMILES string of the molecule is c1cc(NCC2CO2)ccc1CCc1ccc(C2CO2)cc1. The summed E-state index contributed by atoms with van der Waals surface area (Å²) in [4.78, 5) is 0. The van der Waals surface area contributed by atoms with Gasteiger partial charge in [-0.25, -0.2) is 0 Å². The van der Waals surface area contributed by atoms with Gasteiger partial charge in [-0.05, 0) is 41.7 Å². The minimum Gasteiger partial charge on any atom is -0.382 e. The quantitative estimate of drug-likeness (QED) is 0.796. The number of epoxide rings is 2. The molecule has 0 spiro atoms. The van der Waals surface area contributed by atoms with E-state index in [1.165, 1.54) is 22.4 Å². The third-order valence-electron chi connectivity index (χ3n) is 4.28. The van der Waals surface area contributed by atoms with E-state index in [0.29, 0.717) is 12.2 Å². The topological polar surface area (TPSA) is 37.1 Å². The average molecular weight is 295 g/mol. The van der Waals surface area contributed by atoms with Gasteiger partial charge in [-0.3, -0.25) is 0 Å². The Balaban J connectivity index is 1.28. The normalized spacial score (nSPS) is 22.4. The van der Waals surface area contributed by atoms with E-state index in [4.69, 9.17) is 9.47 Å². The Morgan fingerprint density at radius 3 is 1.95 bits per heavy atom. The summed E-state index contributed by atoms with van der Waals surface area (Å²) in [5.41, 5.74) is 5.24. The Hall–Kier alpha value is -1.84. The summed E-state index contributed by atoms with van der Waals surface area (Å²) in [7, 11) is 0. The number of rotatable bonds is 7. The van der Waals surface area contributed by atoms with Crippen molar-refractivity contribution >= 4 is 5.69 Å². The highest BCUT2D eigenvalue weighted by Crippen LogP contribution is 2.29. The number of benzene rings is 2. The van der Waals surface area contributed by atoms with Crippen molar-refractivity contribution in [2.75, 3.05) is 25.1 Å². The average Bonchev–Trinajstić information content (AvgIpc) is 3.46. The molecule has 2 unspecified atom stereocenters. The summed E-state index contributed by atoms with van der Waals surface area (Å²) >= 11 is 0. The first-order valence-electron chi connectivity index (χ1n) is 8.02. The Morgan fingerprint density at radius 1 is 0.818 bits per heavy atom. The van der Waals surface area contributed by atoms with Crippen molar-refractivity contribution in [3.8, 4) is 0 Å². The standard InChI is InChI=1S/C19H21NO2/c1(14-3-7-16(8-4-14)19-13-22-19)2-15-5-9-17(10-6-15)20-11-18-12-21-18/h3-10,18-20H,1-2,11-13H2. The molecule has 22 heavy (non-hydrogen) atoms. The van der Waals surface area contributed by atoms with Gasteiger partial charge in [-0.1, -0.05) is 36.4 Å². The van der Waals surface area contributed by atoms with E-state index in [2.05, 4.69) is 53.8 Å². The first kappa shape index (κ1) is 13.8. The Labute approximate surface area is 131 Å². The van der Waals surface area contributed by atoms with Gasteiger partial charge in [0.2, 0.25) is 0 Å². The highest BCUT2D eigenvalue weighted by molar-refractivity contribution is 5.45. The third-order valence-corrected chi connectivity index (χ3v) is 4.28. The fraction of sp³-hybridized carbons (Fsp3) is 0.368. The molecule has 0 saturated carbocycles. The molecular weight excluding hydrogens is 274 g/mol. The van der Waals surface area contributed by atoms with E-state index in [9.17, 15) is 0 Å². The molecule has 1 N–H and O–H groups in total. The van der Waals surface area contributed by atoms with Crippen molar-refractivity contribution in [2.24, 2.45) is 0 Å². The van der Waals surface area contributed by atoms with E-state index >= 15 is 0 Å². The largest absolute Gasteiger partial charge is 0.382 e. The van der Waals surface area contributed by atoms with Crippen LogP contribution in [0, 0.1) is 0 Å². The Morgan fingerprint density at radius 2 is 1.41 bits per heavy atom. The van der Waals surface area contributed by atoms with Crippen LogP contribution in [0.25, 0.3) is 0 Å². The van der Waals surface area contributed by atoms with Crippen LogP contribution >= 0.6 is 0 Å². The van der Waals surface area contributed by atoms with Crippen LogP contribution < -0.4 is 5.32 Å². The van der Waals surface area contributed by atoms with Crippen LogP contribution in [0.1, 0.15) is 22.8 Å². The molecule has 3 nitrogen and oxygen atoms in total. The highest BCUT2D eigenvalue weighted by Gasteiger charge is 2.24. The predicted octanol–water partition coefficient (Wildman–Crippen LogP) is 3.35. The van der Waals surface area contributed by atoms with Crippen LogP contribution in [-0.2, 0) is 22.3 Å². The minimum atomic E-state index is 0.357. The second-order valence-electron chi connectivity index (χ2n) is 6.10. The van der Waals surface area contributed by atoms with Crippen molar-refractivity contribution < 1.29 is 9.47 Å². The first-order chi connectivity index (χ1) is 10.9. The summed E-state index contributed by atoms with van der Waals surface area (Å²) in [6.45, 7) is 2.69. The monoisotopic (exact) mass is 295 g/mol. The Kier molecular flexibility index (Phi) is 3.83. The van der Waals surface area contributed by atoms with Crippen molar-refractivity contribution in [3.63, 3.8) is 0 Å². The zero-order valence-corrected chi connectivity index (χ0v) is 12.6. The van der Waals surface area contributed by atoms with Crippen molar-refractivity contribution in [1.82, 2.24) is 0 Å². The molecule has 0 aliphatic carbocycles. The fourth-order valence-corrected chi connectivity index (χ4v) is 2.64. The second kappa shape index (κ2) is 6.11. The van der Waals surface area contributed by atoms with Crippen LogP contribution in [0.4, 0.5) is 5.69 Å². The zero-order valence-electron chi connectivity index (χ0n) is 12.6. The number of ether oxygens (including phenoxy) is 2.